The van der Waals surface area contributed by atoms with Crippen LogP contribution < -0.4 is 4.74 Å². The van der Waals surface area contributed by atoms with E-state index in [2.05, 4.69) is 4.90 Å². The number of hydrogen-bond acceptors (Lipinski definition) is 4. The molecule has 166 valence electrons. The van der Waals surface area contributed by atoms with Gasteiger partial charge in [0.2, 0.25) is 0 Å². The number of rotatable bonds is 8. The third kappa shape index (κ3) is 6.42. The molecule has 0 aromatic heterocycles. The molecule has 1 aliphatic rings. The van der Waals surface area contributed by atoms with Gasteiger partial charge in [-0.05, 0) is 42.3 Å². The van der Waals surface area contributed by atoms with Crippen molar-refractivity contribution in [2.75, 3.05) is 26.2 Å². The zero-order chi connectivity index (χ0) is 22.4. The van der Waals surface area contributed by atoms with Gasteiger partial charge in [-0.3, -0.25) is 14.5 Å². The molecule has 1 fully saturated rings. The number of carboxylic acids is 1. The van der Waals surface area contributed by atoms with E-state index in [0.29, 0.717) is 36.0 Å². The number of nitrogens with zero attached hydrogens (tertiary/aromatic N) is 2. The first-order valence-electron chi connectivity index (χ1n) is 10.2. The Labute approximate surface area is 186 Å². The molecule has 31 heavy (non-hydrogen) atoms. The van der Waals surface area contributed by atoms with Crippen molar-refractivity contribution in [3.8, 4) is 5.75 Å². The van der Waals surface area contributed by atoms with Crippen LogP contribution in [0.15, 0.2) is 42.5 Å². The molecule has 1 N–H and O–H groups in total. The number of halogens is 2. The monoisotopic (exact) mass is 448 g/mol. The highest BCUT2D eigenvalue weighted by atomic mass is 35.5. The molecule has 0 bridgehead atoms. The predicted octanol–water partition coefficient (Wildman–Crippen LogP) is 3.61. The second kappa shape index (κ2) is 10.6. The molecule has 2 aromatic carbocycles. The molecule has 1 aliphatic heterocycles. The Bertz CT molecular complexity index is 922. The highest BCUT2D eigenvalue weighted by Gasteiger charge is 2.29. The summed E-state index contributed by atoms with van der Waals surface area (Å²) in [6, 6.07) is 11.3. The average Bonchev–Trinajstić information content (AvgIpc) is 2.74. The third-order valence-electron chi connectivity index (χ3n) is 5.39. The molecule has 6 nitrogen and oxygen atoms in total. The Kier molecular flexibility index (Phi) is 7.87. The minimum atomic E-state index is -0.998. The van der Waals surface area contributed by atoms with Gasteiger partial charge in [-0.1, -0.05) is 30.7 Å². The topological polar surface area (TPSA) is 70.1 Å². The molecule has 2 aromatic rings. The van der Waals surface area contributed by atoms with E-state index in [1.165, 1.54) is 12.1 Å². The average molecular weight is 449 g/mol. The second-order valence-electron chi connectivity index (χ2n) is 7.62. The molecule has 1 amide bonds. The van der Waals surface area contributed by atoms with Crippen molar-refractivity contribution in [3.05, 3.63) is 64.4 Å². The van der Waals surface area contributed by atoms with Gasteiger partial charge in [0.05, 0.1) is 6.42 Å². The Morgan fingerprint density at radius 2 is 1.94 bits per heavy atom. The quantitative estimate of drug-likeness (QED) is 0.668. The highest BCUT2D eigenvalue weighted by molar-refractivity contribution is 6.30. The summed E-state index contributed by atoms with van der Waals surface area (Å²) in [5, 5.41) is 9.49. The molecule has 3 rings (SSSR count). The molecular weight excluding hydrogens is 423 g/mol. The molecular formula is C23H26ClFN2O4. The zero-order valence-corrected chi connectivity index (χ0v) is 18.1. The largest absolute Gasteiger partial charge is 0.483 e. The van der Waals surface area contributed by atoms with E-state index in [4.69, 9.17) is 21.4 Å². The van der Waals surface area contributed by atoms with E-state index in [9.17, 15) is 14.0 Å². The first kappa shape index (κ1) is 23.0. The molecule has 0 unspecified atom stereocenters. The fourth-order valence-electron chi connectivity index (χ4n) is 3.80. The number of amides is 1. The Balaban J connectivity index is 1.58. The van der Waals surface area contributed by atoms with E-state index >= 15 is 0 Å². The molecule has 8 heteroatoms. The van der Waals surface area contributed by atoms with Crippen molar-refractivity contribution in [1.29, 1.82) is 0 Å². The van der Waals surface area contributed by atoms with Gasteiger partial charge in [0.25, 0.3) is 5.91 Å². The minimum Gasteiger partial charge on any atom is -0.483 e. The molecule has 0 spiro atoms. The van der Waals surface area contributed by atoms with Crippen molar-refractivity contribution < 1.29 is 23.8 Å². The maximum Gasteiger partial charge on any atom is 0.307 e. The van der Waals surface area contributed by atoms with Gasteiger partial charge in [-0.2, -0.15) is 0 Å². The molecule has 0 saturated carbocycles. The summed E-state index contributed by atoms with van der Waals surface area (Å²) in [4.78, 5) is 28.0. The molecule has 1 heterocycles. The van der Waals surface area contributed by atoms with Gasteiger partial charge in [-0.15, -0.1) is 0 Å². The third-order valence-corrected chi connectivity index (χ3v) is 5.63. The van der Waals surface area contributed by atoms with Crippen LogP contribution in [0.5, 0.6) is 5.75 Å². The van der Waals surface area contributed by atoms with Crippen molar-refractivity contribution in [2.24, 2.45) is 0 Å². The lowest BCUT2D eigenvalue weighted by Gasteiger charge is -2.41. The SMILES string of the molecule is CC[C@@H]1CN(Cc2ccc(F)cc2)CCN1C(=O)COc1ccc(Cl)cc1CC(=O)O. The van der Waals surface area contributed by atoms with Gasteiger partial charge in [0.15, 0.2) is 6.61 Å². The molecule has 0 aliphatic carbocycles. The fourth-order valence-corrected chi connectivity index (χ4v) is 4.00. The lowest BCUT2D eigenvalue weighted by atomic mass is 10.1. The van der Waals surface area contributed by atoms with Crippen LogP contribution >= 0.6 is 11.6 Å². The van der Waals surface area contributed by atoms with Crippen LogP contribution in [0.25, 0.3) is 0 Å². The molecule has 1 atom stereocenters. The van der Waals surface area contributed by atoms with Gasteiger partial charge in [0.1, 0.15) is 11.6 Å². The number of piperazine rings is 1. The van der Waals surface area contributed by atoms with Crippen LogP contribution in [0, 0.1) is 5.82 Å². The number of hydrogen-bond donors (Lipinski definition) is 1. The lowest BCUT2D eigenvalue weighted by molar-refractivity contribution is -0.138. The predicted molar refractivity (Wildman–Crippen MR) is 116 cm³/mol. The highest BCUT2D eigenvalue weighted by Crippen LogP contribution is 2.24. The summed E-state index contributed by atoms with van der Waals surface area (Å²) in [5.41, 5.74) is 1.47. The number of ether oxygens (including phenoxy) is 1. The van der Waals surface area contributed by atoms with E-state index in [-0.39, 0.29) is 30.8 Å². The Morgan fingerprint density at radius 1 is 1.19 bits per heavy atom. The summed E-state index contributed by atoms with van der Waals surface area (Å²) in [5.74, 6) is -1.03. The minimum absolute atomic E-state index is 0.0500. The molecule has 0 radical (unpaired) electrons. The van der Waals surface area contributed by atoms with E-state index in [1.54, 1.807) is 30.3 Å². The van der Waals surface area contributed by atoms with Crippen LogP contribution in [-0.4, -0.2) is 59.1 Å². The number of carbonyl (C=O) groups excluding carboxylic acids is 1. The van der Waals surface area contributed by atoms with E-state index in [0.717, 1.165) is 18.5 Å². The van der Waals surface area contributed by atoms with Crippen molar-refractivity contribution >= 4 is 23.5 Å². The summed E-state index contributed by atoms with van der Waals surface area (Å²) >= 11 is 5.96. The first-order valence-corrected chi connectivity index (χ1v) is 10.6. The van der Waals surface area contributed by atoms with Crippen LogP contribution in [0.3, 0.4) is 0 Å². The number of aliphatic carboxylic acids is 1. The fraction of sp³-hybridized carbons (Fsp3) is 0.391. The van der Waals surface area contributed by atoms with E-state index < -0.39 is 5.97 Å². The van der Waals surface area contributed by atoms with Gasteiger partial charge in [-0.25, -0.2) is 4.39 Å². The maximum atomic E-state index is 13.1. The van der Waals surface area contributed by atoms with Crippen LogP contribution in [0.2, 0.25) is 5.02 Å². The van der Waals surface area contributed by atoms with Crippen molar-refractivity contribution in [1.82, 2.24) is 9.80 Å². The summed E-state index contributed by atoms with van der Waals surface area (Å²) in [6.45, 7) is 4.60. The van der Waals surface area contributed by atoms with Crippen LogP contribution in [0.4, 0.5) is 4.39 Å². The summed E-state index contributed by atoms with van der Waals surface area (Å²) < 4.78 is 18.8. The maximum absolute atomic E-state index is 13.1. The lowest BCUT2D eigenvalue weighted by Crippen LogP contribution is -2.55. The number of benzene rings is 2. The number of carboxylic acid groups (broad SMARTS) is 1. The van der Waals surface area contributed by atoms with Crippen molar-refractivity contribution in [2.45, 2.75) is 32.4 Å². The Hall–Kier alpha value is -2.64. The summed E-state index contributed by atoms with van der Waals surface area (Å²) in [6.07, 6.45) is 0.570. The van der Waals surface area contributed by atoms with Crippen LogP contribution in [0.1, 0.15) is 24.5 Å². The van der Waals surface area contributed by atoms with Gasteiger partial charge in [0, 0.05) is 42.8 Å². The molecule has 1 saturated heterocycles. The Morgan fingerprint density at radius 3 is 2.61 bits per heavy atom. The summed E-state index contributed by atoms with van der Waals surface area (Å²) in [7, 11) is 0. The number of carbonyl (C=O) groups is 2. The standard InChI is InChI=1S/C23H26ClFN2O4/c1-2-20-14-26(13-16-3-6-19(25)7-4-16)9-10-27(20)22(28)15-31-21-8-5-18(24)11-17(21)12-23(29)30/h3-8,11,20H,2,9-10,12-15H2,1H3,(H,29,30)/t20-/m1/s1. The normalized spacial score (nSPS) is 16.9. The van der Waals surface area contributed by atoms with Crippen molar-refractivity contribution in [3.63, 3.8) is 0 Å². The second-order valence-corrected chi connectivity index (χ2v) is 8.06. The van der Waals surface area contributed by atoms with E-state index in [1.807, 2.05) is 11.8 Å². The zero-order valence-electron chi connectivity index (χ0n) is 17.4. The van der Waals surface area contributed by atoms with Gasteiger partial charge < -0.3 is 14.7 Å². The van der Waals surface area contributed by atoms with Crippen LogP contribution in [-0.2, 0) is 22.6 Å². The smallest absolute Gasteiger partial charge is 0.307 e. The first-order chi connectivity index (χ1) is 14.9. The van der Waals surface area contributed by atoms with Gasteiger partial charge >= 0.3 is 5.97 Å².